The predicted molar refractivity (Wildman–Crippen MR) is 100.0 cm³/mol. The molecule has 0 aromatic heterocycles. The largest absolute Gasteiger partial charge is 0.316 e. The van der Waals surface area contributed by atoms with Crippen molar-refractivity contribution in [1.82, 2.24) is 5.32 Å². The molecule has 1 aliphatic heterocycles. The number of thioether (sulfide) groups is 2. The topological polar surface area (TPSA) is 12.0 Å². The van der Waals surface area contributed by atoms with Gasteiger partial charge < -0.3 is 5.32 Å². The maximum absolute atomic E-state index is 3.62. The number of nitrogens with one attached hydrogen (secondary N) is 1. The second kappa shape index (κ2) is 7.94. The van der Waals surface area contributed by atoms with Crippen molar-refractivity contribution in [3.63, 3.8) is 0 Å². The normalized spacial score (nSPS) is 24.0. The van der Waals surface area contributed by atoms with Gasteiger partial charge in [0.05, 0.1) is 0 Å². The molecule has 0 spiro atoms. The zero-order valence-corrected chi connectivity index (χ0v) is 15.7. The molecule has 3 unspecified atom stereocenters. The van der Waals surface area contributed by atoms with Crippen LogP contribution >= 0.6 is 23.5 Å². The van der Waals surface area contributed by atoms with Crippen molar-refractivity contribution in [2.75, 3.05) is 18.6 Å². The molecule has 1 N–H and O–H groups in total. The molecule has 1 heterocycles. The zero-order chi connectivity index (χ0) is 15.4. The third kappa shape index (κ3) is 4.20. The first-order valence-electron chi connectivity index (χ1n) is 8.04. The Balaban J connectivity index is 2.19. The first kappa shape index (κ1) is 17.2. The van der Waals surface area contributed by atoms with Crippen LogP contribution in [0, 0.1) is 20.8 Å². The quantitative estimate of drug-likeness (QED) is 0.864. The van der Waals surface area contributed by atoms with E-state index in [1.807, 2.05) is 0 Å². The van der Waals surface area contributed by atoms with E-state index in [0.29, 0.717) is 6.04 Å². The van der Waals surface area contributed by atoms with Gasteiger partial charge in [-0.1, -0.05) is 24.6 Å². The average molecular weight is 324 g/mol. The first-order valence-corrected chi connectivity index (χ1v) is 10.1. The molecule has 0 saturated carbocycles. The standard InChI is InChI=1S/C18H29NS2/c1-6-17-18(21-8-7-20-17)16(19-5)11-15-13(3)9-12(2)10-14(15)4/h9-10,16-19H,6-8,11H2,1-5H3. The number of benzene rings is 1. The maximum atomic E-state index is 3.62. The highest BCUT2D eigenvalue weighted by Gasteiger charge is 2.31. The fourth-order valence-electron chi connectivity index (χ4n) is 3.45. The fraction of sp³-hybridized carbons (Fsp3) is 0.667. The van der Waals surface area contributed by atoms with Crippen molar-refractivity contribution in [3.05, 3.63) is 34.4 Å². The Labute approximate surface area is 139 Å². The highest BCUT2D eigenvalue weighted by atomic mass is 32.2. The SMILES string of the molecule is CCC1SCCSC1C(Cc1c(C)cc(C)cc1C)NC. The summed E-state index contributed by atoms with van der Waals surface area (Å²) < 4.78 is 0. The van der Waals surface area contributed by atoms with Crippen LogP contribution in [0.15, 0.2) is 12.1 Å². The maximum Gasteiger partial charge on any atom is 0.0323 e. The fourth-order valence-corrected chi connectivity index (χ4v) is 6.75. The van der Waals surface area contributed by atoms with E-state index in [9.17, 15) is 0 Å². The molecule has 0 amide bonds. The van der Waals surface area contributed by atoms with Crippen LogP contribution in [-0.4, -0.2) is 35.1 Å². The molecule has 118 valence electrons. The molecule has 21 heavy (non-hydrogen) atoms. The minimum atomic E-state index is 0.577. The summed E-state index contributed by atoms with van der Waals surface area (Å²) in [5.74, 6) is 2.62. The second-order valence-electron chi connectivity index (χ2n) is 6.13. The zero-order valence-electron chi connectivity index (χ0n) is 14.0. The smallest absolute Gasteiger partial charge is 0.0323 e. The van der Waals surface area contributed by atoms with Crippen molar-refractivity contribution in [3.8, 4) is 0 Å². The summed E-state index contributed by atoms with van der Waals surface area (Å²) in [6.45, 7) is 9.07. The van der Waals surface area contributed by atoms with Crippen LogP contribution < -0.4 is 5.32 Å². The third-order valence-corrected chi connectivity index (χ3v) is 7.93. The minimum absolute atomic E-state index is 0.577. The Morgan fingerprint density at radius 2 is 1.76 bits per heavy atom. The van der Waals surface area contributed by atoms with Gasteiger partial charge in [-0.25, -0.2) is 0 Å². The van der Waals surface area contributed by atoms with Crippen LogP contribution in [-0.2, 0) is 6.42 Å². The summed E-state index contributed by atoms with van der Waals surface area (Å²) in [5.41, 5.74) is 5.83. The summed E-state index contributed by atoms with van der Waals surface area (Å²) in [5, 5.41) is 5.15. The van der Waals surface area contributed by atoms with E-state index in [-0.39, 0.29) is 0 Å². The van der Waals surface area contributed by atoms with Crippen molar-refractivity contribution in [2.24, 2.45) is 0 Å². The van der Waals surface area contributed by atoms with Crippen LogP contribution in [0.25, 0.3) is 0 Å². The summed E-state index contributed by atoms with van der Waals surface area (Å²) >= 11 is 4.35. The van der Waals surface area contributed by atoms with Crippen LogP contribution in [0.4, 0.5) is 0 Å². The van der Waals surface area contributed by atoms with Gasteiger partial charge in [0.25, 0.3) is 0 Å². The van der Waals surface area contributed by atoms with Crippen LogP contribution in [0.5, 0.6) is 0 Å². The molecule has 3 atom stereocenters. The van der Waals surface area contributed by atoms with Crippen molar-refractivity contribution < 1.29 is 0 Å². The first-order chi connectivity index (χ1) is 10.1. The molecule has 2 rings (SSSR count). The van der Waals surface area contributed by atoms with E-state index >= 15 is 0 Å². The second-order valence-corrected chi connectivity index (χ2v) is 8.76. The molecule has 3 heteroatoms. The molecule has 1 saturated heterocycles. The van der Waals surface area contributed by atoms with Gasteiger partial charge in [-0.3, -0.25) is 0 Å². The Morgan fingerprint density at radius 3 is 2.33 bits per heavy atom. The molecule has 1 nitrogen and oxygen atoms in total. The van der Waals surface area contributed by atoms with E-state index in [0.717, 1.165) is 16.9 Å². The Bertz CT molecular complexity index is 449. The van der Waals surface area contributed by atoms with Gasteiger partial charge >= 0.3 is 0 Å². The van der Waals surface area contributed by atoms with E-state index < -0.39 is 0 Å². The van der Waals surface area contributed by atoms with Gasteiger partial charge in [-0.15, -0.1) is 0 Å². The summed E-state index contributed by atoms with van der Waals surface area (Å²) in [7, 11) is 2.13. The molecule has 0 bridgehead atoms. The minimum Gasteiger partial charge on any atom is -0.316 e. The number of hydrogen-bond donors (Lipinski definition) is 1. The predicted octanol–water partition coefficient (Wildman–Crippen LogP) is 4.37. The highest BCUT2D eigenvalue weighted by molar-refractivity contribution is 8.07. The molecule has 1 aromatic carbocycles. The van der Waals surface area contributed by atoms with Crippen molar-refractivity contribution >= 4 is 23.5 Å². The molecule has 0 radical (unpaired) electrons. The summed E-state index contributed by atoms with van der Waals surface area (Å²) in [4.78, 5) is 0. The van der Waals surface area contributed by atoms with E-state index in [1.165, 1.54) is 34.6 Å². The number of hydrogen-bond acceptors (Lipinski definition) is 3. The average Bonchev–Trinajstić information content (AvgIpc) is 2.46. The monoisotopic (exact) mass is 323 g/mol. The molecule has 0 aliphatic carbocycles. The summed E-state index contributed by atoms with van der Waals surface area (Å²) in [6, 6.07) is 5.23. The molecule has 1 aliphatic rings. The van der Waals surface area contributed by atoms with E-state index in [4.69, 9.17) is 0 Å². The lowest BCUT2D eigenvalue weighted by Gasteiger charge is -2.36. The lowest BCUT2D eigenvalue weighted by atomic mass is 9.92. The highest BCUT2D eigenvalue weighted by Crippen LogP contribution is 2.36. The third-order valence-electron chi connectivity index (χ3n) is 4.53. The van der Waals surface area contributed by atoms with Gasteiger partial charge in [-0.05, 0) is 57.4 Å². The number of rotatable bonds is 5. The van der Waals surface area contributed by atoms with Crippen LogP contribution in [0.2, 0.25) is 0 Å². The van der Waals surface area contributed by atoms with Gasteiger partial charge in [0.15, 0.2) is 0 Å². The Hall–Kier alpha value is -0.120. The lowest BCUT2D eigenvalue weighted by molar-refractivity contribution is 0.515. The number of likely N-dealkylation sites (N-methyl/N-ethyl adjacent to an activating group) is 1. The molecule has 1 fully saturated rings. The Morgan fingerprint density at radius 1 is 1.14 bits per heavy atom. The number of aryl methyl sites for hydroxylation is 3. The van der Waals surface area contributed by atoms with Gasteiger partial charge in [0.1, 0.15) is 0 Å². The molecule has 1 aromatic rings. The molecular formula is C18H29NS2. The van der Waals surface area contributed by atoms with Crippen LogP contribution in [0.3, 0.4) is 0 Å². The van der Waals surface area contributed by atoms with Gasteiger partial charge in [0, 0.05) is 28.0 Å². The van der Waals surface area contributed by atoms with Gasteiger partial charge in [-0.2, -0.15) is 23.5 Å². The van der Waals surface area contributed by atoms with Crippen molar-refractivity contribution in [2.45, 2.75) is 57.1 Å². The van der Waals surface area contributed by atoms with E-state index in [2.05, 4.69) is 75.7 Å². The Kier molecular flexibility index (Phi) is 6.51. The lowest BCUT2D eigenvalue weighted by Crippen LogP contribution is -2.45. The van der Waals surface area contributed by atoms with Gasteiger partial charge in [0.2, 0.25) is 0 Å². The van der Waals surface area contributed by atoms with Crippen molar-refractivity contribution in [1.29, 1.82) is 0 Å². The molecular weight excluding hydrogens is 294 g/mol. The van der Waals surface area contributed by atoms with E-state index in [1.54, 1.807) is 5.56 Å². The summed E-state index contributed by atoms with van der Waals surface area (Å²) in [6.07, 6.45) is 2.44. The van der Waals surface area contributed by atoms with Crippen LogP contribution in [0.1, 0.15) is 35.6 Å².